The number of rotatable bonds is 4. The molecule has 1 atom stereocenters. The van der Waals surface area contributed by atoms with Crippen LogP contribution < -0.4 is 0 Å². The van der Waals surface area contributed by atoms with Crippen molar-refractivity contribution in [2.24, 2.45) is 0 Å². The first-order chi connectivity index (χ1) is 10.4. The van der Waals surface area contributed by atoms with Crippen LogP contribution in [0.3, 0.4) is 0 Å². The number of likely N-dealkylation sites (tertiary alicyclic amines) is 1. The number of carbonyl (C=O) groups excluding carboxylic acids is 1. The SMILES string of the molecule is CS(=O)(=O)c1nnc(C2CCC(=O)N2Cc2ccccc2)o1. The molecule has 3 rings (SSSR count). The molecule has 7 nitrogen and oxygen atoms in total. The number of hydrogen-bond donors (Lipinski definition) is 0. The normalized spacial score (nSPS) is 18.9. The van der Waals surface area contributed by atoms with Gasteiger partial charge in [-0.3, -0.25) is 4.79 Å². The Morgan fingerprint density at radius 3 is 2.64 bits per heavy atom. The lowest BCUT2D eigenvalue weighted by molar-refractivity contribution is -0.129. The van der Waals surface area contributed by atoms with Crippen molar-refractivity contribution < 1.29 is 17.6 Å². The molecule has 1 aliphatic heterocycles. The van der Waals surface area contributed by atoms with Crippen molar-refractivity contribution in [2.75, 3.05) is 6.26 Å². The van der Waals surface area contributed by atoms with Crippen LogP contribution in [0.2, 0.25) is 0 Å². The van der Waals surface area contributed by atoms with Crippen molar-refractivity contribution in [3.05, 3.63) is 41.8 Å². The number of amides is 1. The van der Waals surface area contributed by atoms with E-state index in [0.717, 1.165) is 11.8 Å². The van der Waals surface area contributed by atoms with E-state index in [-0.39, 0.29) is 17.8 Å². The minimum Gasteiger partial charge on any atom is -0.410 e. The molecule has 1 aliphatic rings. The first-order valence-electron chi connectivity index (χ1n) is 6.82. The van der Waals surface area contributed by atoms with Crippen molar-refractivity contribution in [2.45, 2.75) is 30.7 Å². The molecule has 8 heteroatoms. The molecule has 0 bridgehead atoms. The molecule has 2 aromatic rings. The fourth-order valence-corrected chi connectivity index (χ4v) is 2.90. The molecule has 0 radical (unpaired) electrons. The second kappa shape index (κ2) is 5.53. The number of aromatic nitrogens is 2. The van der Waals surface area contributed by atoms with Gasteiger partial charge in [0.1, 0.15) is 6.04 Å². The van der Waals surface area contributed by atoms with Gasteiger partial charge in [0.2, 0.25) is 21.6 Å². The standard InChI is InChI=1S/C14H15N3O4S/c1-22(19,20)14-16-15-13(21-14)11-7-8-12(18)17(11)9-10-5-3-2-4-6-10/h2-6,11H,7-9H2,1H3. The van der Waals surface area contributed by atoms with E-state index in [9.17, 15) is 13.2 Å². The molecule has 116 valence electrons. The molecule has 0 saturated carbocycles. The van der Waals surface area contributed by atoms with Gasteiger partial charge < -0.3 is 9.32 Å². The van der Waals surface area contributed by atoms with Gasteiger partial charge in [-0.15, -0.1) is 5.10 Å². The van der Waals surface area contributed by atoms with Gasteiger partial charge >= 0.3 is 5.22 Å². The molecule has 1 saturated heterocycles. The van der Waals surface area contributed by atoms with Gasteiger partial charge in [0.05, 0.1) is 0 Å². The third-order valence-corrected chi connectivity index (χ3v) is 4.35. The van der Waals surface area contributed by atoms with Crippen molar-refractivity contribution >= 4 is 15.7 Å². The predicted molar refractivity (Wildman–Crippen MR) is 76.4 cm³/mol. The summed E-state index contributed by atoms with van der Waals surface area (Å²) in [5.74, 6) is 0.162. The highest BCUT2D eigenvalue weighted by Crippen LogP contribution is 2.33. The molecule has 2 heterocycles. The molecule has 0 aliphatic carbocycles. The van der Waals surface area contributed by atoms with Gasteiger partial charge in [-0.2, -0.15) is 0 Å². The van der Waals surface area contributed by atoms with E-state index in [4.69, 9.17) is 4.42 Å². The second-order valence-electron chi connectivity index (χ2n) is 5.24. The zero-order chi connectivity index (χ0) is 15.7. The van der Waals surface area contributed by atoms with Gasteiger partial charge in [0, 0.05) is 19.2 Å². The highest BCUT2D eigenvalue weighted by Gasteiger charge is 2.36. The van der Waals surface area contributed by atoms with Gasteiger partial charge in [-0.1, -0.05) is 35.4 Å². The third-order valence-electron chi connectivity index (χ3n) is 3.55. The van der Waals surface area contributed by atoms with E-state index in [1.54, 1.807) is 4.90 Å². The van der Waals surface area contributed by atoms with E-state index in [1.165, 1.54) is 0 Å². The van der Waals surface area contributed by atoms with E-state index in [1.807, 2.05) is 30.3 Å². The smallest absolute Gasteiger partial charge is 0.335 e. The molecule has 22 heavy (non-hydrogen) atoms. The highest BCUT2D eigenvalue weighted by molar-refractivity contribution is 7.90. The van der Waals surface area contributed by atoms with Crippen LogP contribution in [0, 0.1) is 0 Å². The first kappa shape index (κ1) is 14.7. The van der Waals surface area contributed by atoms with Gasteiger partial charge in [-0.25, -0.2) is 8.42 Å². The van der Waals surface area contributed by atoms with Crippen molar-refractivity contribution in [1.29, 1.82) is 0 Å². The largest absolute Gasteiger partial charge is 0.410 e. The Balaban J connectivity index is 1.86. The Kier molecular flexibility index (Phi) is 3.69. The molecule has 1 amide bonds. The topological polar surface area (TPSA) is 93.4 Å². The fraction of sp³-hybridized carbons (Fsp3) is 0.357. The average molecular weight is 321 g/mol. The molecule has 1 aromatic carbocycles. The maximum absolute atomic E-state index is 12.1. The Bertz CT molecular complexity index is 785. The van der Waals surface area contributed by atoms with E-state index in [2.05, 4.69) is 10.2 Å². The quantitative estimate of drug-likeness (QED) is 0.843. The lowest BCUT2D eigenvalue weighted by Gasteiger charge is -2.22. The number of sulfone groups is 1. The highest BCUT2D eigenvalue weighted by atomic mass is 32.2. The number of hydrogen-bond acceptors (Lipinski definition) is 6. The maximum Gasteiger partial charge on any atom is 0.335 e. The molecular weight excluding hydrogens is 306 g/mol. The monoisotopic (exact) mass is 321 g/mol. The van der Waals surface area contributed by atoms with Crippen molar-refractivity contribution in [3.8, 4) is 0 Å². The van der Waals surface area contributed by atoms with Crippen molar-refractivity contribution in [1.82, 2.24) is 15.1 Å². The van der Waals surface area contributed by atoms with Gasteiger partial charge in [0.15, 0.2) is 0 Å². The first-order valence-corrected chi connectivity index (χ1v) is 8.71. The van der Waals surface area contributed by atoms with Crippen LogP contribution in [0.25, 0.3) is 0 Å². The zero-order valence-corrected chi connectivity index (χ0v) is 12.8. The van der Waals surface area contributed by atoms with Crippen LogP contribution in [0.1, 0.15) is 30.3 Å². The maximum atomic E-state index is 12.1. The zero-order valence-electron chi connectivity index (χ0n) is 12.0. The fourth-order valence-electron chi connectivity index (χ4n) is 2.47. The van der Waals surface area contributed by atoms with Gasteiger partial charge in [-0.05, 0) is 12.0 Å². The van der Waals surface area contributed by atoms with Crippen LogP contribution in [0.5, 0.6) is 0 Å². The summed E-state index contributed by atoms with van der Waals surface area (Å²) >= 11 is 0. The summed E-state index contributed by atoms with van der Waals surface area (Å²) in [6.07, 6.45) is 1.93. The van der Waals surface area contributed by atoms with Crippen LogP contribution in [-0.4, -0.2) is 35.7 Å². The summed E-state index contributed by atoms with van der Waals surface area (Å²) in [5.41, 5.74) is 0.991. The van der Waals surface area contributed by atoms with Gasteiger partial charge in [0.25, 0.3) is 0 Å². The summed E-state index contributed by atoms with van der Waals surface area (Å²) in [4.78, 5) is 13.7. The van der Waals surface area contributed by atoms with E-state index in [0.29, 0.717) is 19.4 Å². The Morgan fingerprint density at radius 1 is 1.27 bits per heavy atom. The number of carbonyl (C=O) groups is 1. The minimum absolute atomic E-state index is 0.00652. The van der Waals surface area contributed by atoms with E-state index >= 15 is 0 Å². The summed E-state index contributed by atoms with van der Waals surface area (Å²) in [5, 5.41) is 6.94. The van der Waals surface area contributed by atoms with Crippen LogP contribution in [0.15, 0.2) is 40.0 Å². The molecular formula is C14H15N3O4S. The number of benzene rings is 1. The minimum atomic E-state index is -3.55. The Morgan fingerprint density at radius 2 is 2.00 bits per heavy atom. The van der Waals surface area contributed by atoms with E-state index < -0.39 is 15.1 Å². The number of nitrogens with zero attached hydrogens (tertiary/aromatic N) is 3. The Labute approximate surface area is 127 Å². The molecule has 0 N–H and O–H groups in total. The van der Waals surface area contributed by atoms with Crippen molar-refractivity contribution in [3.63, 3.8) is 0 Å². The lowest BCUT2D eigenvalue weighted by Crippen LogP contribution is -2.27. The summed E-state index contributed by atoms with van der Waals surface area (Å²) in [7, 11) is -3.55. The summed E-state index contributed by atoms with van der Waals surface area (Å²) in [6.45, 7) is 0.431. The third kappa shape index (κ3) is 2.87. The molecule has 1 aromatic heterocycles. The lowest BCUT2D eigenvalue weighted by atomic mass is 10.2. The molecule has 1 unspecified atom stereocenters. The summed E-state index contributed by atoms with van der Waals surface area (Å²) < 4.78 is 28.1. The predicted octanol–water partition coefficient (Wildman–Crippen LogP) is 1.34. The molecule has 1 fully saturated rings. The Hall–Kier alpha value is -2.22. The average Bonchev–Trinajstić information content (AvgIpc) is 3.08. The molecule has 0 spiro atoms. The second-order valence-corrected chi connectivity index (χ2v) is 7.13. The van der Waals surface area contributed by atoms with Crippen LogP contribution >= 0.6 is 0 Å². The summed E-state index contributed by atoms with van der Waals surface area (Å²) in [6, 6.07) is 9.19. The van der Waals surface area contributed by atoms with Crippen LogP contribution in [-0.2, 0) is 21.2 Å². The van der Waals surface area contributed by atoms with Crippen LogP contribution in [0.4, 0.5) is 0 Å².